The van der Waals surface area contributed by atoms with Gasteiger partial charge < -0.3 is 15.3 Å². The zero-order chi connectivity index (χ0) is 12.7. The lowest BCUT2D eigenvalue weighted by molar-refractivity contribution is 0.0239. The topological polar surface area (TPSA) is 35.5 Å². The van der Waals surface area contributed by atoms with Crippen LogP contribution >= 0.6 is 0 Å². The lowest BCUT2D eigenvalue weighted by Crippen LogP contribution is -2.44. The number of β-amino-alcohol motifs (C(OH)–C–C–N with tert-alkyl or cyclic N) is 1. The van der Waals surface area contributed by atoms with E-state index in [0.29, 0.717) is 0 Å². The van der Waals surface area contributed by atoms with Gasteiger partial charge in [-0.15, -0.1) is 0 Å². The van der Waals surface area contributed by atoms with Crippen LogP contribution in [0.2, 0.25) is 0 Å². The first-order valence-corrected chi connectivity index (χ1v) is 7.21. The van der Waals surface area contributed by atoms with E-state index in [1.807, 2.05) is 0 Å². The second kappa shape index (κ2) is 7.34. The highest BCUT2D eigenvalue weighted by molar-refractivity contribution is 4.90. The van der Waals surface area contributed by atoms with Crippen LogP contribution in [0, 0.1) is 5.92 Å². The summed E-state index contributed by atoms with van der Waals surface area (Å²) in [5.74, 6) is 0.790. The first-order chi connectivity index (χ1) is 8.09. The average molecular weight is 242 g/mol. The molecule has 0 aromatic heterocycles. The molecule has 2 atom stereocenters. The van der Waals surface area contributed by atoms with Crippen molar-refractivity contribution in [3.05, 3.63) is 0 Å². The number of hydrogen-bond acceptors (Lipinski definition) is 3. The molecule has 2 unspecified atom stereocenters. The Bertz CT molecular complexity index is 202. The van der Waals surface area contributed by atoms with Gasteiger partial charge in [0.05, 0.1) is 5.60 Å². The molecule has 0 bridgehead atoms. The van der Waals surface area contributed by atoms with E-state index in [2.05, 4.69) is 31.1 Å². The zero-order valence-corrected chi connectivity index (χ0v) is 11.8. The summed E-state index contributed by atoms with van der Waals surface area (Å²) >= 11 is 0. The van der Waals surface area contributed by atoms with Crippen molar-refractivity contribution in [3.8, 4) is 0 Å². The Morgan fingerprint density at radius 3 is 2.71 bits per heavy atom. The third kappa shape index (κ3) is 5.36. The van der Waals surface area contributed by atoms with Crippen LogP contribution in [0.1, 0.15) is 46.0 Å². The molecule has 17 heavy (non-hydrogen) atoms. The van der Waals surface area contributed by atoms with Crippen LogP contribution in [-0.4, -0.2) is 48.8 Å². The van der Waals surface area contributed by atoms with Crippen LogP contribution in [-0.2, 0) is 0 Å². The largest absolute Gasteiger partial charge is 0.387 e. The Balaban J connectivity index is 2.28. The minimum absolute atomic E-state index is 0.488. The minimum Gasteiger partial charge on any atom is -0.387 e. The van der Waals surface area contributed by atoms with Crippen LogP contribution < -0.4 is 5.32 Å². The molecule has 0 amide bonds. The summed E-state index contributed by atoms with van der Waals surface area (Å²) in [5.41, 5.74) is -0.488. The first kappa shape index (κ1) is 14.9. The number of unbranched alkanes of at least 4 members (excludes halogenated alkanes) is 1. The molecule has 0 saturated carbocycles. The molecule has 0 aromatic carbocycles. The standard InChI is InChI=1S/C14H30N2O/c1-4-6-7-13(5-2)10-16(3)12-14(17)8-9-15-11-14/h13,15,17H,4-12H2,1-3H3. The molecule has 1 saturated heterocycles. The Hall–Kier alpha value is -0.120. The third-order valence-electron chi connectivity index (χ3n) is 3.90. The second-order valence-corrected chi connectivity index (χ2v) is 5.76. The summed E-state index contributed by atoms with van der Waals surface area (Å²) in [4.78, 5) is 2.32. The van der Waals surface area contributed by atoms with Crippen molar-refractivity contribution >= 4 is 0 Å². The minimum atomic E-state index is -0.488. The van der Waals surface area contributed by atoms with Crippen LogP contribution in [0.4, 0.5) is 0 Å². The summed E-state index contributed by atoms with van der Waals surface area (Å²) in [6, 6.07) is 0. The smallest absolute Gasteiger partial charge is 0.0909 e. The molecule has 1 heterocycles. The van der Waals surface area contributed by atoms with E-state index >= 15 is 0 Å². The molecular weight excluding hydrogens is 212 g/mol. The van der Waals surface area contributed by atoms with E-state index in [-0.39, 0.29) is 0 Å². The number of aliphatic hydroxyl groups is 1. The highest BCUT2D eigenvalue weighted by atomic mass is 16.3. The van der Waals surface area contributed by atoms with E-state index in [9.17, 15) is 5.11 Å². The van der Waals surface area contributed by atoms with Gasteiger partial charge in [-0.2, -0.15) is 0 Å². The maximum atomic E-state index is 10.3. The molecule has 3 nitrogen and oxygen atoms in total. The fraction of sp³-hybridized carbons (Fsp3) is 1.00. The van der Waals surface area contributed by atoms with Crippen molar-refractivity contribution in [3.63, 3.8) is 0 Å². The molecule has 0 spiro atoms. The van der Waals surface area contributed by atoms with Crippen molar-refractivity contribution in [2.45, 2.75) is 51.6 Å². The Morgan fingerprint density at radius 2 is 2.18 bits per heavy atom. The number of likely N-dealkylation sites (N-methyl/N-ethyl adjacent to an activating group) is 1. The zero-order valence-electron chi connectivity index (χ0n) is 11.8. The van der Waals surface area contributed by atoms with Crippen molar-refractivity contribution in [2.75, 3.05) is 33.2 Å². The fourth-order valence-corrected chi connectivity index (χ4v) is 2.79. The molecule has 102 valence electrons. The van der Waals surface area contributed by atoms with E-state index in [1.54, 1.807) is 0 Å². The summed E-state index contributed by atoms with van der Waals surface area (Å²) in [5, 5.41) is 13.6. The van der Waals surface area contributed by atoms with Crippen LogP contribution in [0.5, 0.6) is 0 Å². The number of rotatable bonds is 8. The number of nitrogens with one attached hydrogen (secondary N) is 1. The third-order valence-corrected chi connectivity index (χ3v) is 3.90. The van der Waals surface area contributed by atoms with Gasteiger partial charge in [0.1, 0.15) is 0 Å². The normalized spacial score (nSPS) is 26.6. The average Bonchev–Trinajstić information content (AvgIpc) is 2.70. The van der Waals surface area contributed by atoms with Crippen LogP contribution in [0.25, 0.3) is 0 Å². The van der Waals surface area contributed by atoms with Crippen molar-refractivity contribution in [2.24, 2.45) is 5.92 Å². The number of nitrogens with zero attached hydrogens (tertiary/aromatic N) is 1. The van der Waals surface area contributed by atoms with E-state index < -0.39 is 5.60 Å². The van der Waals surface area contributed by atoms with Gasteiger partial charge in [-0.05, 0) is 32.4 Å². The van der Waals surface area contributed by atoms with Gasteiger partial charge in [0.15, 0.2) is 0 Å². The van der Waals surface area contributed by atoms with E-state index in [1.165, 1.54) is 25.7 Å². The van der Waals surface area contributed by atoms with Gasteiger partial charge in [0.2, 0.25) is 0 Å². The molecule has 0 radical (unpaired) electrons. The highest BCUT2D eigenvalue weighted by Crippen LogP contribution is 2.18. The van der Waals surface area contributed by atoms with Crippen molar-refractivity contribution in [1.82, 2.24) is 10.2 Å². The second-order valence-electron chi connectivity index (χ2n) is 5.76. The Kier molecular flexibility index (Phi) is 6.45. The quantitative estimate of drug-likeness (QED) is 0.682. The Morgan fingerprint density at radius 1 is 1.41 bits per heavy atom. The highest BCUT2D eigenvalue weighted by Gasteiger charge is 2.32. The molecular formula is C14H30N2O. The molecule has 3 heteroatoms. The lowest BCUT2D eigenvalue weighted by Gasteiger charge is -2.30. The summed E-state index contributed by atoms with van der Waals surface area (Å²) < 4.78 is 0. The molecule has 1 aliphatic rings. The van der Waals surface area contributed by atoms with Crippen LogP contribution in [0.3, 0.4) is 0 Å². The van der Waals surface area contributed by atoms with Gasteiger partial charge in [0.25, 0.3) is 0 Å². The van der Waals surface area contributed by atoms with Crippen molar-refractivity contribution in [1.29, 1.82) is 0 Å². The van der Waals surface area contributed by atoms with Gasteiger partial charge in [-0.25, -0.2) is 0 Å². The lowest BCUT2D eigenvalue weighted by atomic mass is 9.97. The molecule has 0 aromatic rings. The van der Waals surface area contributed by atoms with Crippen LogP contribution in [0.15, 0.2) is 0 Å². The maximum Gasteiger partial charge on any atom is 0.0909 e. The molecule has 1 aliphatic heterocycles. The van der Waals surface area contributed by atoms with Gasteiger partial charge >= 0.3 is 0 Å². The van der Waals surface area contributed by atoms with E-state index in [4.69, 9.17) is 0 Å². The summed E-state index contributed by atoms with van der Waals surface area (Å²) in [7, 11) is 2.14. The monoisotopic (exact) mass is 242 g/mol. The molecule has 1 fully saturated rings. The predicted octanol–water partition coefficient (Wildman–Crippen LogP) is 1.86. The molecule has 2 N–H and O–H groups in total. The SMILES string of the molecule is CCCCC(CC)CN(C)CC1(O)CCNC1. The fourth-order valence-electron chi connectivity index (χ4n) is 2.79. The van der Waals surface area contributed by atoms with E-state index in [0.717, 1.165) is 38.5 Å². The predicted molar refractivity (Wildman–Crippen MR) is 73.2 cm³/mol. The Labute approximate surface area is 107 Å². The van der Waals surface area contributed by atoms with Gasteiger partial charge in [-0.3, -0.25) is 0 Å². The van der Waals surface area contributed by atoms with Crippen molar-refractivity contribution < 1.29 is 5.11 Å². The molecule has 0 aliphatic carbocycles. The van der Waals surface area contributed by atoms with Gasteiger partial charge in [0, 0.05) is 19.6 Å². The first-order valence-electron chi connectivity index (χ1n) is 7.21. The maximum absolute atomic E-state index is 10.3. The number of hydrogen-bond donors (Lipinski definition) is 2. The summed E-state index contributed by atoms with van der Waals surface area (Å²) in [6.45, 7) is 8.17. The van der Waals surface area contributed by atoms with Gasteiger partial charge in [-0.1, -0.05) is 33.1 Å². The summed E-state index contributed by atoms with van der Waals surface area (Å²) in [6.07, 6.45) is 6.09. The molecule has 1 rings (SSSR count).